The molecule has 1 aromatic heterocycles. The molecule has 1 aliphatic rings. The molecule has 1 aliphatic carbocycles. The van der Waals surface area contributed by atoms with Crippen LogP contribution in [0.4, 0.5) is 13.2 Å². The molecular weight excluding hydrogens is 341 g/mol. The van der Waals surface area contributed by atoms with Gasteiger partial charge in [-0.2, -0.15) is 18.3 Å². The Labute approximate surface area is 143 Å². The van der Waals surface area contributed by atoms with Crippen LogP contribution in [0.25, 0.3) is 0 Å². The van der Waals surface area contributed by atoms with Crippen LogP contribution in [0.5, 0.6) is 0 Å². The van der Waals surface area contributed by atoms with Crippen molar-refractivity contribution >= 4 is 11.9 Å². The number of carbonyl (C=O) groups is 2. The van der Waals surface area contributed by atoms with Crippen molar-refractivity contribution in [3.63, 3.8) is 0 Å². The van der Waals surface area contributed by atoms with Gasteiger partial charge in [-0.25, -0.2) is 4.79 Å². The molecule has 9 heteroatoms. The zero-order chi connectivity index (χ0) is 19.0. The zero-order valence-corrected chi connectivity index (χ0v) is 14.3. The summed E-state index contributed by atoms with van der Waals surface area (Å²) < 4.78 is 45.9. The van der Waals surface area contributed by atoms with E-state index >= 15 is 0 Å². The highest BCUT2D eigenvalue weighted by Crippen LogP contribution is 2.47. The molecule has 0 radical (unpaired) electrons. The second kappa shape index (κ2) is 6.68. The second-order valence-corrected chi connectivity index (χ2v) is 6.62. The van der Waals surface area contributed by atoms with E-state index in [4.69, 9.17) is 9.84 Å². The van der Waals surface area contributed by atoms with E-state index < -0.39 is 34.9 Å². The first-order valence-corrected chi connectivity index (χ1v) is 8.07. The summed E-state index contributed by atoms with van der Waals surface area (Å²) in [5.74, 6) is -2.26. The predicted octanol–water partition coefficient (Wildman–Crippen LogP) is 3.53. The van der Waals surface area contributed by atoms with E-state index in [1.807, 2.05) is 0 Å². The molecule has 0 aromatic carbocycles. The van der Waals surface area contributed by atoms with Crippen LogP contribution in [0, 0.1) is 11.3 Å². The van der Waals surface area contributed by atoms with Gasteiger partial charge in [0.2, 0.25) is 0 Å². The Morgan fingerprint density at radius 2 is 2.12 bits per heavy atom. The number of nitrogens with zero attached hydrogens (tertiary/aromatic N) is 2. The quantitative estimate of drug-likeness (QED) is 0.829. The van der Waals surface area contributed by atoms with Gasteiger partial charge in [-0.1, -0.05) is 6.92 Å². The summed E-state index contributed by atoms with van der Waals surface area (Å²) >= 11 is 0. The van der Waals surface area contributed by atoms with Crippen molar-refractivity contribution in [2.45, 2.75) is 52.3 Å². The molecule has 140 valence electrons. The summed E-state index contributed by atoms with van der Waals surface area (Å²) in [7, 11) is 0. The third-order valence-electron chi connectivity index (χ3n) is 5.09. The Balaban J connectivity index is 2.32. The highest BCUT2D eigenvalue weighted by molar-refractivity contribution is 5.88. The van der Waals surface area contributed by atoms with Crippen LogP contribution in [0.2, 0.25) is 0 Å². The number of hydrogen-bond donors (Lipinski definition) is 1. The minimum atomic E-state index is -4.82. The lowest BCUT2D eigenvalue weighted by Gasteiger charge is -2.41. The molecule has 0 aliphatic heterocycles. The van der Waals surface area contributed by atoms with Crippen molar-refractivity contribution in [1.82, 2.24) is 9.78 Å². The summed E-state index contributed by atoms with van der Waals surface area (Å²) in [6.07, 6.45) is -3.19. The number of alkyl halides is 3. The van der Waals surface area contributed by atoms with Crippen molar-refractivity contribution < 1.29 is 32.6 Å². The maximum Gasteiger partial charge on any atom is 0.433 e. The molecule has 1 aromatic rings. The summed E-state index contributed by atoms with van der Waals surface area (Å²) in [5, 5.41) is 12.7. The largest absolute Gasteiger partial charge is 0.478 e. The zero-order valence-electron chi connectivity index (χ0n) is 14.3. The van der Waals surface area contributed by atoms with Gasteiger partial charge in [0, 0.05) is 0 Å². The molecule has 2 rings (SSSR count). The maximum absolute atomic E-state index is 13.3. The fraction of sp³-hybridized carbons (Fsp3) is 0.688. The predicted molar refractivity (Wildman–Crippen MR) is 81.0 cm³/mol. The highest BCUT2D eigenvalue weighted by Gasteiger charge is 2.47. The fourth-order valence-electron chi connectivity index (χ4n) is 3.40. The van der Waals surface area contributed by atoms with Crippen molar-refractivity contribution in [3.8, 4) is 0 Å². The molecule has 1 fully saturated rings. The average Bonchev–Trinajstić information content (AvgIpc) is 2.95. The summed E-state index contributed by atoms with van der Waals surface area (Å²) in [5.41, 5.74) is -2.89. The van der Waals surface area contributed by atoms with Gasteiger partial charge in [0.15, 0.2) is 5.69 Å². The van der Waals surface area contributed by atoms with Crippen molar-refractivity contribution in [2.24, 2.45) is 11.3 Å². The van der Waals surface area contributed by atoms with Gasteiger partial charge in [0.25, 0.3) is 0 Å². The lowest BCUT2D eigenvalue weighted by atomic mass is 9.67. The van der Waals surface area contributed by atoms with Crippen molar-refractivity contribution in [1.29, 1.82) is 0 Å². The lowest BCUT2D eigenvalue weighted by Crippen LogP contribution is -2.41. The Kier molecular flexibility index (Phi) is 5.15. The number of carbonyl (C=O) groups excluding carboxylic acids is 1. The van der Waals surface area contributed by atoms with Gasteiger partial charge in [0.1, 0.15) is 5.56 Å². The van der Waals surface area contributed by atoms with E-state index in [1.165, 1.54) is 0 Å². The number of aromatic nitrogens is 2. The topological polar surface area (TPSA) is 81.4 Å². The third-order valence-corrected chi connectivity index (χ3v) is 5.09. The van der Waals surface area contributed by atoms with E-state index in [1.54, 1.807) is 20.8 Å². The minimum Gasteiger partial charge on any atom is -0.478 e. The highest BCUT2D eigenvalue weighted by atomic mass is 19.4. The summed E-state index contributed by atoms with van der Waals surface area (Å²) in [4.78, 5) is 23.3. The number of carboxylic acids is 1. The Hall–Kier alpha value is -2.06. The molecule has 3 atom stereocenters. The number of esters is 1. The van der Waals surface area contributed by atoms with Gasteiger partial charge < -0.3 is 9.84 Å². The van der Waals surface area contributed by atoms with E-state index in [0.29, 0.717) is 6.42 Å². The maximum atomic E-state index is 13.3. The van der Waals surface area contributed by atoms with Crippen LogP contribution in [-0.2, 0) is 15.7 Å². The Morgan fingerprint density at radius 3 is 2.60 bits per heavy atom. The minimum absolute atomic E-state index is 0.233. The molecular formula is C16H21F3N2O4. The normalized spacial score (nSPS) is 27.1. The number of ether oxygens (including phenoxy) is 1. The first kappa shape index (κ1) is 19.3. The second-order valence-electron chi connectivity index (χ2n) is 6.62. The number of halogens is 3. The monoisotopic (exact) mass is 362 g/mol. The van der Waals surface area contributed by atoms with Crippen LogP contribution in [0.15, 0.2) is 6.20 Å². The number of carboxylic acid groups (broad SMARTS) is 1. The molecule has 25 heavy (non-hydrogen) atoms. The SMILES string of the molecule is CCOC(=O)[C@@]1(C)CC[C@H](n2ncc(C(=O)O)c2C(F)(F)F)C[C@@H]1C. The van der Waals surface area contributed by atoms with Crippen molar-refractivity contribution in [3.05, 3.63) is 17.5 Å². The molecule has 1 saturated carbocycles. The molecule has 0 bridgehead atoms. The lowest BCUT2D eigenvalue weighted by molar-refractivity contribution is -0.161. The Morgan fingerprint density at radius 1 is 1.48 bits per heavy atom. The van der Waals surface area contributed by atoms with Crippen LogP contribution < -0.4 is 0 Å². The molecule has 1 heterocycles. The van der Waals surface area contributed by atoms with Crippen LogP contribution in [-0.4, -0.2) is 33.4 Å². The van der Waals surface area contributed by atoms with Gasteiger partial charge >= 0.3 is 18.1 Å². The third kappa shape index (κ3) is 3.50. The molecule has 6 nitrogen and oxygen atoms in total. The van der Waals surface area contributed by atoms with E-state index in [0.717, 1.165) is 10.9 Å². The van der Waals surface area contributed by atoms with Gasteiger partial charge in [-0.05, 0) is 39.0 Å². The van der Waals surface area contributed by atoms with Gasteiger partial charge in [0.05, 0.1) is 24.3 Å². The van der Waals surface area contributed by atoms with Gasteiger partial charge in [-0.3, -0.25) is 9.48 Å². The summed E-state index contributed by atoms with van der Waals surface area (Å²) in [6, 6.07) is -0.623. The average molecular weight is 362 g/mol. The molecule has 0 saturated heterocycles. The van der Waals surface area contributed by atoms with Crippen LogP contribution in [0.3, 0.4) is 0 Å². The molecule has 0 unspecified atom stereocenters. The van der Waals surface area contributed by atoms with E-state index in [2.05, 4.69) is 5.10 Å². The standard InChI is InChI=1S/C16H21F3N2O4/c1-4-25-14(24)15(3)6-5-10(7-9(15)2)21-12(16(17,18)19)11(8-20-21)13(22)23/h8-10H,4-7H2,1-3H3,(H,22,23)/t9-,10-,15-/m0/s1. The smallest absolute Gasteiger partial charge is 0.433 e. The number of hydrogen-bond acceptors (Lipinski definition) is 4. The summed E-state index contributed by atoms with van der Waals surface area (Å²) in [6.45, 7) is 5.48. The van der Waals surface area contributed by atoms with Crippen LogP contribution >= 0.6 is 0 Å². The van der Waals surface area contributed by atoms with E-state index in [-0.39, 0.29) is 31.3 Å². The molecule has 0 amide bonds. The first-order valence-electron chi connectivity index (χ1n) is 8.07. The van der Waals surface area contributed by atoms with Crippen molar-refractivity contribution in [2.75, 3.05) is 6.61 Å². The van der Waals surface area contributed by atoms with E-state index in [9.17, 15) is 22.8 Å². The Bertz CT molecular complexity index is 671. The van der Waals surface area contributed by atoms with Gasteiger partial charge in [-0.15, -0.1) is 0 Å². The fourth-order valence-corrected chi connectivity index (χ4v) is 3.40. The van der Waals surface area contributed by atoms with Crippen LogP contribution in [0.1, 0.15) is 62.1 Å². The molecule has 1 N–H and O–H groups in total. The first-order chi connectivity index (χ1) is 11.5. The molecule has 0 spiro atoms. The number of aromatic carboxylic acids is 1. The number of rotatable bonds is 4.